The molecule has 102 valence electrons. The van der Waals surface area contributed by atoms with E-state index in [0.29, 0.717) is 27.8 Å². The van der Waals surface area contributed by atoms with Crippen LogP contribution in [0.2, 0.25) is 10.0 Å². The van der Waals surface area contributed by atoms with Crippen molar-refractivity contribution >= 4 is 29.2 Å². The minimum Gasteiger partial charge on any atom is -0.549 e. The number of rotatable bonds is 3. The summed E-state index contributed by atoms with van der Waals surface area (Å²) < 4.78 is 5.65. The van der Waals surface area contributed by atoms with Gasteiger partial charge in [0.15, 0.2) is 0 Å². The Kier molecular flexibility index (Phi) is 3.79. The largest absolute Gasteiger partial charge is 0.549 e. The molecule has 0 spiro atoms. The third kappa shape index (κ3) is 2.33. The number of fused-ring (bicyclic) bond motifs is 1. The Balaban J connectivity index is 2.68. The molecular formula is C14H13Cl2O3-. The molecule has 3 nitrogen and oxygen atoms in total. The number of carbonyl (C=O) groups is 1. The summed E-state index contributed by atoms with van der Waals surface area (Å²) in [6.45, 7) is 5.44. The summed E-state index contributed by atoms with van der Waals surface area (Å²) >= 11 is 11.9. The summed E-state index contributed by atoms with van der Waals surface area (Å²) in [5.74, 6) is -0.707. The molecule has 0 radical (unpaired) electrons. The van der Waals surface area contributed by atoms with Gasteiger partial charge in [-0.25, -0.2) is 0 Å². The first-order valence-electron chi connectivity index (χ1n) is 5.89. The van der Waals surface area contributed by atoms with Gasteiger partial charge in [-0.3, -0.25) is 0 Å². The highest BCUT2D eigenvalue weighted by molar-refractivity contribution is 6.42. The number of hydrogen-bond donors (Lipinski definition) is 0. The highest BCUT2D eigenvalue weighted by Crippen LogP contribution is 2.46. The van der Waals surface area contributed by atoms with Crippen molar-refractivity contribution in [1.29, 1.82) is 0 Å². The van der Waals surface area contributed by atoms with Gasteiger partial charge in [0.25, 0.3) is 0 Å². The highest BCUT2D eigenvalue weighted by atomic mass is 35.5. The Morgan fingerprint density at radius 1 is 1.58 bits per heavy atom. The van der Waals surface area contributed by atoms with Crippen molar-refractivity contribution in [3.8, 4) is 5.75 Å². The fourth-order valence-electron chi connectivity index (χ4n) is 2.58. The van der Waals surface area contributed by atoms with E-state index in [-0.39, 0.29) is 12.5 Å². The second kappa shape index (κ2) is 5.06. The number of carboxylic acids is 1. The van der Waals surface area contributed by atoms with Gasteiger partial charge in [0.05, 0.1) is 22.1 Å². The van der Waals surface area contributed by atoms with Crippen LogP contribution in [-0.2, 0) is 10.2 Å². The Bertz CT molecular complexity index is 542. The molecule has 0 fully saturated rings. The summed E-state index contributed by atoms with van der Waals surface area (Å²) in [5, 5.41) is 12.3. The summed E-state index contributed by atoms with van der Waals surface area (Å²) in [6.07, 6.45) is 1.89. The average molecular weight is 300 g/mol. The first-order valence-corrected chi connectivity index (χ1v) is 6.65. The van der Waals surface area contributed by atoms with Crippen molar-refractivity contribution < 1.29 is 14.6 Å². The van der Waals surface area contributed by atoms with Crippen molar-refractivity contribution in [2.45, 2.75) is 31.3 Å². The summed E-state index contributed by atoms with van der Waals surface area (Å²) in [5.41, 5.74) is -0.664. The maximum Gasteiger partial charge on any atom is 0.125 e. The molecule has 0 bridgehead atoms. The highest BCUT2D eigenvalue weighted by Gasteiger charge is 2.41. The predicted molar refractivity (Wildman–Crippen MR) is 72.7 cm³/mol. The minimum atomic E-state index is -1.16. The number of halogens is 2. The smallest absolute Gasteiger partial charge is 0.125 e. The van der Waals surface area contributed by atoms with Crippen LogP contribution < -0.4 is 9.84 Å². The summed E-state index contributed by atoms with van der Waals surface area (Å²) in [7, 11) is 0. The molecular weight excluding hydrogens is 287 g/mol. The third-order valence-electron chi connectivity index (χ3n) is 3.39. The molecule has 2 rings (SSSR count). The first kappa shape index (κ1) is 14.2. The molecule has 1 aromatic carbocycles. The molecule has 0 saturated carbocycles. The number of ether oxygens (including phenoxy) is 1. The second-order valence-electron chi connectivity index (χ2n) is 4.76. The Morgan fingerprint density at radius 2 is 2.21 bits per heavy atom. The molecule has 0 amide bonds. The van der Waals surface area contributed by atoms with Crippen molar-refractivity contribution in [3.05, 3.63) is 40.4 Å². The molecule has 0 N–H and O–H groups in total. The topological polar surface area (TPSA) is 49.4 Å². The van der Waals surface area contributed by atoms with Gasteiger partial charge in [-0.1, -0.05) is 29.3 Å². The van der Waals surface area contributed by atoms with E-state index in [9.17, 15) is 9.90 Å². The van der Waals surface area contributed by atoms with Crippen molar-refractivity contribution in [3.63, 3.8) is 0 Å². The third-order valence-corrected chi connectivity index (χ3v) is 4.11. The molecule has 0 saturated heterocycles. The molecule has 1 aliphatic rings. The van der Waals surface area contributed by atoms with Gasteiger partial charge >= 0.3 is 0 Å². The van der Waals surface area contributed by atoms with Crippen LogP contribution >= 0.6 is 23.2 Å². The molecule has 0 aromatic heterocycles. The maximum atomic E-state index is 11.7. The van der Waals surface area contributed by atoms with Crippen LogP contribution in [0.3, 0.4) is 0 Å². The van der Waals surface area contributed by atoms with E-state index in [1.54, 1.807) is 18.2 Å². The van der Waals surface area contributed by atoms with E-state index in [4.69, 9.17) is 27.9 Å². The van der Waals surface area contributed by atoms with E-state index in [1.165, 1.54) is 0 Å². The van der Waals surface area contributed by atoms with E-state index >= 15 is 0 Å². The maximum absolute atomic E-state index is 11.7. The van der Waals surface area contributed by atoms with Gasteiger partial charge < -0.3 is 14.6 Å². The number of aliphatic carboxylic acids is 1. The fourth-order valence-corrected chi connectivity index (χ4v) is 2.89. The van der Waals surface area contributed by atoms with E-state index in [1.807, 2.05) is 6.92 Å². The van der Waals surface area contributed by atoms with Gasteiger partial charge in [-0.15, -0.1) is 6.58 Å². The number of benzene rings is 1. The number of carboxylic acid groups (broad SMARTS) is 1. The van der Waals surface area contributed by atoms with Crippen LogP contribution in [0.15, 0.2) is 24.8 Å². The molecule has 2 unspecified atom stereocenters. The van der Waals surface area contributed by atoms with Crippen molar-refractivity contribution in [2.75, 3.05) is 0 Å². The lowest BCUT2D eigenvalue weighted by Crippen LogP contribution is -2.50. The Morgan fingerprint density at radius 3 is 2.79 bits per heavy atom. The quantitative estimate of drug-likeness (QED) is 0.806. The van der Waals surface area contributed by atoms with Gasteiger partial charge in [0, 0.05) is 17.0 Å². The van der Waals surface area contributed by atoms with Crippen LogP contribution in [-0.4, -0.2) is 12.1 Å². The molecule has 1 aliphatic heterocycles. The number of carbonyl (C=O) groups excluding carboxylic acids is 1. The van der Waals surface area contributed by atoms with Crippen LogP contribution in [0, 0.1) is 0 Å². The Hall–Kier alpha value is -1.19. The van der Waals surface area contributed by atoms with Gasteiger partial charge in [0.2, 0.25) is 0 Å². The lowest BCUT2D eigenvalue weighted by atomic mass is 9.72. The standard InChI is InChI=1S/C14H14Cl2O3/c1-3-4-14(13(17)18)7-8(2)19-12-6-11(16)10(15)5-9(12)14/h3,5-6,8H,1,4,7H2,2H3,(H,17,18)/p-1. The SMILES string of the molecule is C=CCC1(C(=O)[O-])CC(C)Oc2cc(Cl)c(Cl)cc21. The first-order chi connectivity index (χ1) is 8.90. The van der Waals surface area contributed by atoms with Crippen LogP contribution in [0.1, 0.15) is 25.3 Å². The average Bonchev–Trinajstić information content (AvgIpc) is 2.31. The lowest BCUT2D eigenvalue weighted by molar-refractivity contribution is -0.315. The molecule has 19 heavy (non-hydrogen) atoms. The molecule has 5 heteroatoms. The molecule has 1 heterocycles. The van der Waals surface area contributed by atoms with E-state index in [0.717, 1.165) is 0 Å². The molecule has 1 aromatic rings. The zero-order valence-electron chi connectivity index (χ0n) is 10.4. The van der Waals surface area contributed by atoms with E-state index < -0.39 is 11.4 Å². The second-order valence-corrected chi connectivity index (χ2v) is 5.57. The molecule has 2 atom stereocenters. The summed E-state index contributed by atoms with van der Waals surface area (Å²) in [6, 6.07) is 3.10. The zero-order valence-corrected chi connectivity index (χ0v) is 11.9. The van der Waals surface area contributed by atoms with Crippen LogP contribution in [0.5, 0.6) is 5.75 Å². The normalized spacial score (nSPS) is 25.3. The zero-order chi connectivity index (χ0) is 14.2. The Labute approximate surface area is 121 Å². The van der Waals surface area contributed by atoms with Crippen molar-refractivity contribution in [1.82, 2.24) is 0 Å². The molecule has 0 aliphatic carbocycles. The lowest BCUT2D eigenvalue weighted by Gasteiger charge is -2.42. The predicted octanol–water partition coefficient (Wildman–Crippen LogP) is 2.73. The number of allylic oxidation sites excluding steroid dienone is 1. The monoisotopic (exact) mass is 299 g/mol. The van der Waals surface area contributed by atoms with Crippen LogP contribution in [0.4, 0.5) is 0 Å². The van der Waals surface area contributed by atoms with E-state index in [2.05, 4.69) is 6.58 Å². The van der Waals surface area contributed by atoms with Gasteiger partial charge in [0.1, 0.15) is 5.75 Å². The van der Waals surface area contributed by atoms with Crippen molar-refractivity contribution in [2.24, 2.45) is 0 Å². The summed E-state index contributed by atoms with van der Waals surface area (Å²) in [4.78, 5) is 11.7. The van der Waals surface area contributed by atoms with Gasteiger partial charge in [-0.2, -0.15) is 0 Å². The fraction of sp³-hybridized carbons (Fsp3) is 0.357. The minimum absolute atomic E-state index is 0.248. The number of hydrogen-bond acceptors (Lipinski definition) is 3. The van der Waals surface area contributed by atoms with Gasteiger partial charge in [-0.05, 0) is 25.8 Å². The van der Waals surface area contributed by atoms with Crippen LogP contribution in [0.25, 0.3) is 0 Å².